The normalized spacial score (nSPS) is 26.1. The number of halogens is 1. The summed E-state index contributed by atoms with van der Waals surface area (Å²) in [5.41, 5.74) is 2.81. The number of hydrogen-bond acceptors (Lipinski definition) is 8. The standard InChI is InChI=1S/C43H39ClN4O6S/c1-23-29-19-25(44)13-16-34(29)55-38(23)32-21-35(46(3)45-32)48-40(51)31-20-30-26(37(43(31,2)42(48)53)27-11-7-8-12-33(27)54-18-17-49)14-15-28-36(30)41(52)47(39(28)50)22-24-9-5-4-6-10-24/h4-14,16,19,21,28,30-31,36-37,49H,15,17-18,20,22H2,1-3H3. The molecule has 3 fully saturated rings. The van der Waals surface area contributed by atoms with Gasteiger partial charge >= 0.3 is 0 Å². The molecule has 2 aromatic heterocycles. The fourth-order valence-electron chi connectivity index (χ4n) is 9.79. The lowest BCUT2D eigenvalue weighted by Gasteiger charge is -2.49. The van der Waals surface area contributed by atoms with Gasteiger partial charge in [0.2, 0.25) is 23.6 Å². The molecule has 0 radical (unpaired) electrons. The second-order valence-electron chi connectivity index (χ2n) is 15.2. The number of aryl methyl sites for hydroxylation is 2. The number of rotatable bonds is 8. The van der Waals surface area contributed by atoms with Gasteiger partial charge in [-0.25, -0.2) is 4.90 Å². The van der Waals surface area contributed by atoms with Crippen molar-refractivity contribution >= 4 is 62.5 Å². The number of allylic oxidation sites excluding steroid dienone is 2. The van der Waals surface area contributed by atoms with Crippen LogP contribution in [-0.2, 0) is 32.8 Å². The number of benzene rings is 3. The molecule has 3 aromatic carbocycles. The third-order valence-electron chi connectivity index (χ3n) is 12.3. The summed E-state index contributed by atoms with van der Waals surface area (Å²) in [6.45, 7) is 3.88. The Balaban J connectivity index is 1.15. The quantitative estimate of drug-likeness (QED) is 0.132. The van der Waals surface area contributed by atoms with E-state index in [9.17, 15) is 19.5 Å². The Kier molecular flexibility index (Phi) is 8.60. The molecule has 10 nitrogen and oxygen atoms in total. The molecule has 1 N–H and O–H groups in total. The Morgan fingerprint density at radius 3 is 2.51 bits per heavy atom. The third-order valence-corrected chi connectivity index (χ3v) is 13.9. The van der Waals surface area contributed by atoms with Crippen LogP contribution in [0.3, 0.4) is 0 Å². The highest BCUT2D eigenvalue weighted by Gasteiger charge is 2.68. The molecule has 6 atom stereocenters. The third kappa shape index (κ3) is 5.34. The highest BCUT2D eigenvalue weighted by atomic mass is 35.5. The van der Waals surface area contributed by atoms with Gasteiger partial charge in [0.05, 0.1) is 41.2 Å². The summed E-state index contributed by atoms with van der Waals surface area (Å²) >= 11 is 7.90. The smallest absolute Gasteiger partial charge is 0.242 e. The number of aliphatic hydroxyl groups excluding tert-OH is 1. The SMILES string of the molecule is Cc1c(-c2cc(N3C(=O)C4CC5C(=CCC6C(=O)N(Cc7ccccc7)C(=O)C65)C(c5ccccc5OCCO)C4(C)C3=O)n(C)n2)sc2ccc(Cl)cc12. The number of carbonyl (C=O) groups excluding carboxylic acids is 4. The molecule has 4 amide bonds. The first-order valence-corrected chi connectivity index (χ1v) is 19.8. The number of imide groups is 2. The largest absolute Gasteiger partial charge is 0.491 e. The minimum absolute atomic E-state index is 0.0403. The lowest BCUT2D eigenvalue weighted by atomic mass is 9.51. The molecule has 0 spiro atoms. The molecule has 280 valence electrons. The van der Waals surface area contributed by atoms with Crippen LogP contribution in [0.5, 0.6) is 5.75 Å². The van der Waals surface area contributed by atoms with Crippen LogP contribution in [0.1, 0.15) is 42.4 Å². The first-order chi connectivity index (χ1) is 26.5. The van der Waals surface area contributed by atoms with Gasteiger partial charge < -0.3 is 9.84 Å². The van der Waals surface area contributed by atoms with E-state index in [1.807, 2.05) is 86.7 Å². The average Bonchev–Trinajstić information content (AvgIpc) is 3.85. The second kappa shape index (κ2) is 13.3. The van der Waals surface area contributed by atoms with Crippen LogP contribution < -0.4 is 9.64 Å². The van der Waals surface area contributed by atoms with E-state index in [0.29, 0.717) is 34.3 Å². The summed E-state index contributed by atoms with van der Waals surface area (Å²) in [5.74, 6) is -3.47. The second-order valence-corrected chi connectivity index (χ2v) is 16.7. The molecular weight excluding hydrogens is 736 g/mol. The molecule has 9 rings (SSSR count). The van der Waals surface area contributed by atoms with Crippen LogP contribution in [0, 0.1) is 36.0 Å². The first-order valence-electron chi connectivity index (χ1n) is 18.6. The van der Waals surface area contributed by atoms with Gasteiger partial charge in [0.25, 0.3) is 0 Å². The predicted molar refractivity (Wildman–Crippen MR) is 209 cm³/mol. The number of likely N-dealkylation sites (tertiary alicyclic amines) is 1. The molecule has 55 heavy (non-hydrogen) atoms. The van der Waals surface area contributed by atoms with Crippen LogP contribution >= 0.6 is 22.9 Å². The van der Waals surface area contributed by atoms with E-state index in [-0.39, 0.29) is 49.8 Å². The van der Waals surface area contributed by atoms with Gasteiger partial charge in [-0.05, 0) is 73.4 Å². The van der Waals surface area contributed by atoms with Crippen LogP contribution in [0.2, 0.25) is 5.02 Å². The number of carbonyl (C=O) groups is 4. The number of anilines is 1. The molecule has 2 aliphatic heterocycles. The van der Waals surface area contributed by atoms with Gasteiger partial charge in [-0.3, -0.25) is 28.8 Å². The van der Waals surface area contributed by atoms with Gasteiger partial charge in [0, 0.05) is 34.3 Å². The zero-order chi connectivity index (χ0) is 38.3. The Bertz CT molecular complexity index is 2460. The lowest BCUT2D eigenvalue weighted by molar-refractivity contribution is -0.141. The number of thiophene rings is 1. The number of fused-ring (bicyclic) bond motifs is 5. The molecule has 2 aliphatic carbocycles. The van der Waals surface area contributed by atoms with E-state index in [4.69, 9.17) is 21.4 Å². The van der Waals surface area contributed by atoms with Crippen molar-refractivity contribution in [2.75, 3.05) is 18.1 Å². The summed E-state index contributed by atoms with van der Waals surface area (Å²) in [6, 6.07) is 24.4. The van der Waals surface area contributed by atoms with E-state index >= 15 is 4.79 Å². The van der Waals surface area contributed by atoms with Gasteiger partial charge in [-0.2, -0.15) is 5.10 Å². The van der Waals surface area contributed by atoms with Crippen LogP contribution in [0.25, 0.3) is 20.7 Å². The minimum Gasteiger partial charge on any atom is -0.491 e. The Morgan fingerprint density at radius 1 is 0.964 bits per heavy atom. The van der Waals surface area contributed by atoms with E-state index < -0.39 is 35.0 Å². The maximum absolute atomic E-state index is 15.2. The zero-order valence-electron chi connectivity index (χ0n) is 30.6. The Morgan fingerprint density at radius 2 is 1.73 bits per heavy atom. The lowest BCUT2D eigenvalue weighted by Crippen LogP contribution is -2.49. The first kappa shape index (κ1) is 35.6. The van der Waals surface area contributed by atoms with Gasteiger partial charge in [0.15, 0.2) is 0 Å². The summed E-state index contributed by atoms with van der Waals surface area (Å²) in [6.07, 6.45) is 2.62. The number of ether oxygens (including phenoxy) is 1. The van der Waals surface area contributed by atoms with Crippen LogP contribution in [-0.4, -0.2) is 56.6 Å². The number of hydrogen-bond donors (Lipinski definition) is 1. The number of nitrogens with zero attached hydrogens (tertiary/aromatic N) is 4. The maximum Gasteiger partial charge on any atom is 0.242 e. The van der Waals surface area contributed by atoms with Gasteiger partial charge in [0.1, 0.15) is 23.9 Å². The van der Waals surface area contributed by atoms with Crippen LogP contribution in [0.15, 0.2) is 90.5 Å². The summed E-state index contributed by atoms with van der Waals surface area (Å²) in [7, 11) is 1.73. The molecule has 12 heteroatoms. The molecule has 2 saturated heterocycles. The monoisotopic (exact) mass is 774 g/mol. The Hall–Kier alpha value is -5.10. The van der Waals surface area contributed by atoms with Crippen molar-refractivity contribution in [2.45, 2.75) is 39.2 Å². The fraction of sp³-hybridized carbons (Fsp3) is 0.326. The minimum atomic E-state index is -1.27. The summed E-state index contributed by atoms with van der Waals surface area (Å²) < 4.78 is 8.71. The van der Waals surface area contributed by atoms with E-state index in [1.165, 1.54) is 9.80 Å². The number of amides is 4. The van der Waals surface area contributed by atoms with Crippen molar-refractivity contribution in [2.24, 2.45) is 36.1 Å². The van der Waals surface area contributed by atoms with Crippen molar-refractivity contribution < 1.29 is 29.0 Å². The van der Waals surface area contributed by atoms with E-state index in [2.05, 4.69) is 0 Å². The predicted octanol–water partition coefficient (Wildman–Crippen LogP) is 7.07. The van der Waals surface area contributed by atoms with E-state index in [1.54, 1.807) is 35.2 Å². The molecule has 0 bridgehead atoms. The molecule has 6 unspecified atom stereocenters. The van der Waals surface area contributed by atoms with Crippen molar-refractivity contribution in [1.29, 1.82) is 0 Å². The van der Waals surface area contributed by atoms with Crippen molar-refractivity contribution in [1.82, 2.24) is 14.7 Å². The van der Waals surface area contributed by atoms with Crippen molar-refractivity contribution in [3.8, 4) is 16.3 Å². The molecule has 4 aliphatic rings. The number of para-hydroxylation sites is 1. The highest BCUT2D eigenvalue weighted by Crippen LogP contribution is 2.64. The highest BCUT2D eigenvalue weighted by molar-refractivity contribution is 7.22. The molecule has 4 heterocycles. The Labute approximate surface area is 326 Å². The number of aliphatic hydroxyl groups is 1. The summed E-state index contributed by atoms with van der Waals surface area (Å²) in [5, 5.41) is 16.2. The van der Waals surface area contributed by atoms with E-state index in [0.717, 1.165) is 31.7 Å². The molecular formula is C43H39ClN4O6S. The van der Waals surface area contributed by atoms with Crippen molar-refractivity contribution in [3.63, 3.8) is 0 Å². The van der Waals surface area contributed by atoms with Gasteiger partial charge in [-0.1, -0.05) is 71.8 Å². The molecule has 1 saturated carbocycles. The zero-order valence-corrected chi connectivity index (χ0v) is 32.1. The van der Waals surface area contributed by atoms with Gasteiger partial charge in [-0.15, -0.1) is 11.3 Å². The van der Waals surface area contributed by atoms with Crippen LogP contribution in [0.4, 0.5) is 5.82 Å². The average molecular weight is 775 g/mol. The fourth-order valence-corrected chi connectivity index (χ4v) is 11.1. The molecule has 5 aromatic rings. The summed E-state index contributed by atoms with van der Waals surface area (Å²) in [4.78, 5) is 62.1. The topological polar surface area (TPSA) is 122 Å². The maximum atomic E-state index is 15.2. The van der Waals surface area contributed by atoms with Crippen molar-refractivity contribution in [3.05, 3.63) is 112 Å². The number of aromatic nitrogens is 2.